The second-order valence-corrected chi connectivity index (χ2v) is 8.46. The van der Waals surface area contributed by atoms with Crippen molar-refractivity contribution in [2.24, 2.45) is 0 Å². The van der Waals surface area contributed by atoms with E-state index in [2.05, 4.69) is 14.9 Å². The van der Waals surface area contributed by atoms with Crippen molar-refractivity contribution in [3.8, 4) is 0 Å². The first-order valence-electron chi connectivity index (χ1n) is 8.99. The van der Waals surface area contributed by atoms with Crippen molar-refractivity contribution in [1.29, 1.82) is 0 Å². The fourth-order valence-corrected chi connectivity index (χ4v) is 3.37. The van der Waals surface area contributed by atoms with Gasteiger partial charge >= 0.3 is 0 Å². The summed E-state index contributed by atoms with van der Waals surface area (Å²) >= 11 is 7.15. The van der Waals surface area contributed by atoms with Crippen molar-refractivity contribution < 1.29 is 9.59 Å². The molecule has 2 amide bonds. The lowest BCUT2D eigenvalue weighted by Gasteiger charge is -2.34. The van der Waals surface area contributed by atoms with Crippen molar-refractivity contribution in [3.05, 3.63) is 45.9 Å². The molecule has 1 aromatic carbocycles. The molecule has 1 aliphatic carbocycles. The molecule has 1 heterocycles. The van der Waals surface area contributed by atoms with Crippen LogP contribution in [0.2, 0.25) is 5.02 Å². The number of rotatable bonds is 7. The van der Waals surface area contributed by atoms with E-state index >= 15 is 0 Å². The van der Waals surface area contributed by atoms with Crippen molar-refractivity contribution in [3.63, 3.8) is 0 Å². The number of carbonyl (C=O) groups is 2. The number of amides is 2. The van der Waals surface area contributed by atoms with E-state index in [0.29, 0.717) is 5.02 Å². The van der Waals surface area contributed by atoms with Gasteiger partial charge in [0.2, 0.25) is 5.91 Å². The number of nitrogens with one attached hydrogen (secondary N) is 1. The molecule has 0 radical (unpaired) electrons. The van der Waals surface area contributed by atoms with Crippen molar-refractivity contribution >= 4 is 34.9 Å². The second-order valence-electron chi connectivity index (χ2n) is 7.41. The molecule has 6 nitrogen and oxygen atoms in total. The Balaban J connectivity index is 2.00. The zero-order chi connectivity index (χ0) is 19.6. The Bertz CT molecular complexity index is 804. The molecule has 1 fully saturated rings. The van der Waals surface area contributed by atoms with Crippen LogP contribution in [0.5, 0.6) is 0 Å². The first-order chi connectivity index (χ1) is 12.8. The Morgan fingerprint density at radius 1 is 1.33 bits per heavy atom. The summed E-state index contributed by atoms with van der Waals surface area (Å²) in [5.41, 5.74) is 0.628. The van der Waals surface area contributed by atoms with E-state index in [9.17, 15) is 9.59 Å². The normalized spacial score (nSPS) is 15.3. The lowest BCUT2D eigenvalue weighted by Crippen LogP contribution is -2.51. The number of benzene rings is 1. The van der Waals surface area contributed by atoms with Gasteiger partial charge in [-0.2, -0.15) is 0 Å². The maximum atomic E-state index is 13.3. The van der Waals surface area contributed by atoms with E-state index in [0.717, 1.165) is 36.4 Å². The summed E-state index contributed by atoms with van der Waals surface area (Å²) < 4.78 is 3.79. The van der Waals surface area contributed by atoms with E-state index in [1.54, 1.807) is 34.5 Å². The molecule has 1 saturated carbocycles. The molecule has 1 N–H and O–H groups in total. The van der Waals surface area contributed by atoms with Crippen LogP contribution in [-0.2, 0) is 4.79 Å². The summed E-state index contributed by atoms with van der Waals surface area (Å²) in [5.74, 6) is -0.469. The van der Waals surface area contributed by atoms with Gasteiger partial charge in [-0.25, -0.2) is 0 Å². The highest BCUT2D eigenvalue weighted by Gasteiger charge is 2.43. The first kappa shape index (κ1) is 19.8. The average molecular weight is 407 g/mol. The minimum absolute atomic E-state index is 0.0235. The molecule has 0 bridgehead atoms. The highest BCUT2D eigenvalue weighted by molar-refractivity contribution is 7.03. The van der Waals surface area contributed by atoms with Crippen LogP contribution < -0.4 is 5.32 Å². The Kier molecular flexibility index (Phi) is 5.81. The molecule has 3 rings (SSSR count). The van der Waals surface area contributed by atoms with E-state index in [1.165, 1.54) is 0 Å². The molecule has 144 valence electrons. The highest BCUT2D eigenvalue weighted by atomic mass is 35.5. The zero-order valence-corrected chi connectivity index (χ0v) is 17.2. The molecule has 27 heavy (non-hydrogen) atoms. The fraction of sp³-hybridized carbons (Fsp3) is 0.474. The molecule has 1 aliphatic rings. The molecule has 1 aromatic heterocycles. The molecule has 0 aliphatic heterocycles. The first-order valence-corrected chi connectivity index (χ1v) is 10.2. The van der Waals surface area contributed by atoms with Gasteiger partial charge in [-0.15, -0.1) is 5.10 Å². The van der Waals surface area contributed by atoms with E-state index in [4.69, 9.17) is 11.6 Å². The third kappa shape index (κ3) is 4.65. The van der Waals surface area contributed by atoms with Crippen molar-refractivity contribution in [2.45, 2.75) is 57.7 Å². The van der Waals surface area contributed by atoms with Crippen LogP contribution in [0.3, 0.4) is 0 Å². The van der Waals surface area contributed by atoms with E-state index in [1.807, 2.05) is 20.8 Å². The quantitative estimate of drug-likeness (QED) is 0.757. The molecule has 2 aromatic rings. The zero-order valence-electron chi connectivity index (χ0n) is 15.6. The van der Waals surface area contributed by atoms with Crippen LogP contribution in [0.25, 0.3) is 0 Å². The summed E-state index contributed by atoms with van der Waals surface area (Å²) in [4.78, 5) is 28.1. The Labute approximate surface area is 168 Å². The van der Waals surface area contributed by atoms with Gasteiger partial charge in [0.15, 0.2) is 5.69 Å². The largest absolute Gasteiger partial charge is 0.349 e. The summed E-state index contributed by atoms with van der Waals surface area (Å²) in [6, 6.07) is 6.36. The monoisotopic (exact) mass is 406 g/mol. The van der Waals surface area contributed by atoms with Gasteiger partial charge in [0, 0.05) is 22.0 Å². The van der Waals surface area contributed by atoms with Crippen molar-refractivity contribution in [2.75, 3.05) is 0 Å². The standard InChI is InChI=1S/C19H23ClN4O2S/c1-4-19(2,3)21-17(25)16(12-5-7-13(20)8-6-12)24(14-9-10-14)18(26)15-11-27-23-22-15/h5-8,11,14,16H,4,9-10H2,1-3H3,(H,21,25)/t16-/m0/s1. The minimum atomic E-state index is -0.741. The highest BCUT2D eigenvalue weighted by Crippen LogP contribution is 2.36. The molecule has 8 heteroatoms. The average Bonchev–Trinajstić information content (AvgIpc) is 3.31. The van der Waals surface area contributed by atoms with Crippen LogP contribution in [0.15, 0.2) is 29.6 Å². The van der Waals surface area contributed by atoms with Gasteiger partial charge in [-0.1, -0.05) is 35.1 Å². The molecule has 0 saturated heterocycles. The van der Waals surface area contributed by atoms with Crippen LogP contribution in [-0.4, -0.2) is 37.9 Å². The molecular weight excluding hydrogens is 384 g/mol. The SMILES string of the molecule is CCC(C)(C)NC(=O)[C@H](c1ccc(Cl)cc1)N(C(=O)c1csnn1)C1CC1. The number of hydrogen-bond acceptors (Lipinski definition) is 5. The van der Waals surface area contributed by atoms with Gasteiger partial charge in [-0.05, 0) is 62.3 Å². The lowest BCUT2D eigenvalue weighted by molar-refractivity contribution is -0.127. The molecule has 1 atom stereocenters. The maximum Gasteiger partial charge on any atom is 0.276 e. The second kappa shape index (κ2) is 7.94. The predicted octanol–water partition coefficient (Wildman–Crippen LogP) is 3.84. The number of halogens is 1. The molecule has 0 unspecified atom stereocenters. The van der Waals surface area contributed by atoms with Crippen LogP contribution in [0.4, 0.5) is 0 Å². The Morgan fingerprint density at radius 3 is 2.52 bits per heavy atom. The van der Waals surface area contributed by atoms with E-state index < -0.39 is 6.04 Å². The van der Waals surface area contributed by atoms with E-state index in [-0.39, 0.29) is 29.1 Å². The Morgan fingerprint density at radius 2 is 2.00 bits per heavy atom. The smallest absolute Gasteiger partial charge is 0.276 e. The predicted molar refractivity (Wildman–Crippen MR) is 106 cm³/mol. The van der Waals surface area contributed by atoms with Crippen molar-refractivity contribution in [1.82, 2.24) is 19.8 Å². The fourth-order valence-electron chi connectivity index (χ4n) is 2.81. The maximum absolute atomic E-state index is 13.3. The third-order valence-electron chi connectivity index (χ3n) is 4.81. The molecule has 0 spiro atoms. The van der Waals surface area contributed by atoms with Gasteiger partial charge < -0.3 is 10.2 Å². The Hall–Kier alpha value is -1.99. The topological polar surface area (TPSA) is 75.2 Å². The van der Waals surface area contributed by atoms with Crippen LogP contribution in [0, 0.1) is 0 Å². The van der Waals surface area contributed by atoms with Gasteiger partial charge in [-0.3, -0.25) is 9.59 Å². The number of aromatic nitrogens is 2. The third-order valence-corrected chi connectivity index (χ3v) is 5.57. The number of nitrogens with zero attached hydrogens (tertiary/aromatic N) is 3. The summed E-state index contributed by atoms with van der Waals surface area (Å²) in [7, 11) is 0. The summed E-state index contributed by atoms with van der Waals surface area (Å²) in [6.45, 7) is 5.96. The van der Waals surface area contributed by atoms with Gasteiger partial charge in [0.1, 0.15) is 6.04 Å². The van der Waals surface area contributed by atoms with Crippen LogP contribution in [0.1, 0.15) is 62.1 Å². The summed E-state index contributed by atoms with van der Waals surface area (Å²) in [5, 5.41) is 9.19. The van der Waals surface area contributed by atoms with Gasteiger partial charge in [0.05, 0.1) is 0 Å². The summed E-state index contributed by atoms with van der Waals surface area (Å²) in [6.07, 6.45) is 2.52. The number of hydrogen-bond donors (Lipinski definition) is 1. The molecular formula is C19H23ClN4O2S. The lowest BCUT2D eigenvalue weighted by atomic mass is 9.98. The van der Waals surface area contributed by atoms with Gasteiger partial charge in [0.25, 0.3) is 5.91 Å². The minimum Gasteiger partial charge on any atom is -0.349 e. The van der Waals surface area contributed by atoms with Crippen LogP contribution >= 0.6 is 23.1 Å². The number of carbonyl (C=O) groups excluding carboxylic acids is 2.